The molecule has 0 aliphatic carbocycles. The summed E-state index contributed by atoms with van der Waals surface area (Å²) in [6, 6.07) is 0. The summed E-state index contributed by atoms with van der Waals surface area (Å²) in [7, 11) is 0. The molecule has 1 rings (SSSR count). The highest BCUT2D eigenvalue weighted by molar-refractivity contribution is 4.63. The first-order chi connectivity index (χ1) is 9.36. The van der Waals surface area contributed by atoms with Gasteiger partial charge in [-0.25, -0.2) is 0 Å². The van der Waals surface area contributed by atoms with Crippen LogP contribution in [0.3, 0.4) is 0 Å². The molecule has 19 heavy (non-hydrogen) atoms. The maximum absolute atomic E-state index is 8.89. The lowest BCUT2D eigenvalue weighted by Gasteiger charge is -2.10. The minimum absolute atomic E-state index is 0.0371. The Bertz CT molecular complexity index is 199. The van der Waals surface area contributed by atoms with E-state index in [1.54, 1.807) is 0 Å². The van der Waals surface area contributed by atoms with Gasteiger partial charge in [-0.3, -0.25) is 0 Å². The molecule has 114 valence electrons. The lowest BCUT2D eigenvalue weighted by atomic mass is 10.1. The van der Waals surface area contributed by atoms with Crippen molar-refractivity contribution in [2.45, 2.75) is 70.7 Å². The first-order valence-electron chi connectivity index (χ1n) is 7.82. The third-order valence-corrected chi connectivity index (χ3v) is 3.41. The smallest absolute Gasteiger partial charge is 0.160 e. The van der Waals surface area contributed by atoms with Crippen LogP contribution in [0.15, 0.2) is 0 Å². The number of ether oxygens (including phenoxy) is 3. The first kappa shape index (κ1) is 16.9. The van der Waals surface area contributed by atoms with Crippen LogP contribution >= 0.6 is 0 Å². The average Bonchev–Trinajstić information content (AvgIpc) is 2.89. The molecule has 0 bridgehead atoms. The van der Waals surface area contributed by atoms with Crippen molar-refractivity contribution in [2.24, 2.45) is 0 Å². The number of unbranched alkanes of at least 4 members (excludes halogenated alkanes) is 6. The van der Waals surface area contributed by atoms with Crippen molar-refractivity contribution < 1.29 is 19.3 Å². The molecule has 1 aliphatic rings. The van der Waals surface area contributed by atoms with E-state index in [1.165, 1.54) is 38.5 Å². The predicted octanol–water partition coefficient (Wildman–Crippen LogP) is 2.88. The number of hydrogen-bond acceptors (Lipinski definition) is 4. The van der Waals surface area contributed by atoms with E-state index in [0.717, 1.165) is 19.4 Å². The van der Waals surface area contributed by atoms with E-state index in [-0.39, 0.29) is 19.0 Å². The van der Waals surface area contributed by atoms with Gasteiger partial charge in [0.25, 0.3) is 0 Å². The van der Waals surface area contributed by atoms with Gasteiger partial charge in [0.2, 0.25) is 0 Å². The van der Waals surface area contributed by atoms with E-state index in [0.29, 0.717) is 13.2 Å². The van der Waals surface area contributed by atoms with Crippen molar-refractivity contribution in [3.05, 3.63) is 0 Å². The zero-order valence-electron chi connectivity index (χ0n) is 12.3. The molecule has 0 unspecified atom stereocenters. The average molecular weight is 274 g/mol. The highest BCUT2D eigenvalue weighted by atomic mass is 16.7. The van der Waals surface area contributed by atoms with Crippen molar-refractivity contribution in [2.75, 3.05) is 26.4 Å². The summed E-state index contributed by atoms with van der Waals surface area (Å²) >= 11 is 0. The molecule has 0 radical (unpaired) electrons. The Morgan fingerprint density at radius 2 is 1.79 bits per heavy atom. The summed E-state index contributed by atoms with van der Waals surface area (Å²) in [5.41, 5.74) is 0. The summed E-state index contributed by atoms with van der Waals surface area (Å²) in [6.07, 6.45) is 9.59. The number of rotatable bonds is 12. The topological polar surface area (TPSA) is 47.9 Å². The third kappa shape index (κ3) is 8.58. The molecule has 4 heteroatoms. The highest BCUT2D eigenvalue weighted by Gasteiger charge is 2.24. The van der Waals surface area contributed by atoms with E-state index in [1.807, 2.05) is 0 Å². The molecular weight excluding hydrogens is 244 g/mol. The van der Waals surface area contributed by atoms with Crippen molar-refractivity contribution in [3.63, 3.8) is 0 Å². The van der Waals surface area contributed by atoms with Crippen LogP contribution in [-0.2, 0) is 14.2 Å². The standard InChI is InChI=1S/C15H30O4/c1-2-3-4-5-6-7-8-10-17-11-9-15-18-13-14(12-16)19-15/h14-16H,2-13H2,1H3/t14-,15-/m0/s1. The highest BCUT2D eigenvalue weighted by Crippen LogP contribution is 2.14. The summed E-state index contributed by atoms with van der Waals surface area (Å²) in [6.45, 7) is 4.30. The van der Waals surface area contributed by atoms with Crippen LogP contribution in [0.5, 0.6) is 0 Å². The van der Waals surface area contributed by atoms with Gasteiger partial charge in [-0.2, -0.15) is 0 Å². The van der Waals surface area contributed by atoms with Crippen LogP contribution < -0.4 is 0 Å². The van der Waals surface area contributed by atoms with Gasteiger partial charge >= 0.3 is 0 Å². The van der Waals surface area contributed by atoms with Crippen molar-refractivity contribution in [1.82, 2.24) is 0 Å². The van der Waals surface area contributed by atoms with Crippen LogP contribution in [0.2, 0.25) is 0 Å². The fraction of sp³-hybridized carbons (Fsp3) is 1.00. The Labute approximate surface area is 117 Å². The van der Waals surface area contributed by atoms with Gasteiger partial charge in [0.15, 0.2) is 6.29 Å². The molecule has 0 spiro atoms. The molecule has 0 aromatic carbocycles. The van der Waals surface area contributed by atoms with E-state index in [2.05, 4.69) is 6.92 Å². The molecule has 1 N–H and O–H groups in total. The Morgan fingerprint density at radius 3 is 2.47 bits per heavy atom. The second-order valence-electron chi connectivity index (χ2n) is 5.23. The second kappa shape index (κ2) is 11.6. The zero-order chi connectivity index (χ0) is 13.8. The molecule has 1 heterocycles. The van der Waals surface area contributed by atoms with Gasteiger partial charge < -0.3 is 19.3 Å². The van der Waals surface area contributed by atoms with E-state index < -0.39 is 0 Å². The predicted molar refractivity (Wildman–Crippen MR) is 75.1 cm³/mol. The Morgan fingerprint density at radius 1 is 1.05 bits per heavy atom. The number of aliphatic hydroxyl groups excluding tert-OH is 1. The third-order valence-electron chi connectivity index (χ3n) is 3.41. The quantitative estimate of drug-likeness (QED) is 0.556. The van der Waals surface area contributed by atoms with Crippen LogP contribution in [-0.4, -0.2) is 43.9 Å². The summed E-state index contributed by atoms with van der Waals surface area (Å²) < 4.78 is 16.4. The van der Waals surface area contributed by atoms with Gasteiger partial charge in [0.05, 0.1) is 19.8 Å². The van der Waals surface area contributed by atoms with Crippen LogP contribution in [0.1, 0.15) is 58.3 Å². The van der Waals surface area contributed by atoms with Gasteiger partial charge in [0, 0.05) is 13.0 Å². The van der Waals surface area contributed by atoms with Gasteiger partial charge in [-0.1, -0.05) is 45.4 Å². The van der Waals surface area contributed by atoms with Gasteiger partial charge in [-0.05, 0) is 6.42 Å². The van der Waals surface area contributed by atoms with Crippen molar-refractivity contribution >= 4 is 0 Å². The molecule has 0 amide bonds. The lowest BCUT2D eigenvalue weighted by molar-refractivity contribution is -0.0810. The molecule has 0 saturated carbocycles. The molecule has 0 aromatic rings. The van der Waals surface area contributed by atoms with E-state index >= 15 is 0 Å². The Balaban J connectivity index is 1.77. The number of aliphatic hydroxyl groups is 1. The minimum Gasteiger partial charge on any atom is -0.394 e. The van der Waals surface area contributed by atoms with Crippen LogP contribution in [0.25, 0.3) is 0 Å². The zero-order valence-corrected chi connectivity index (χ0v) is 12.3. The maximum atomic E-state index is 8.89. The molecule has 4 nitrogen and oxygen atoms in total. The number of hydrogen-bond donors (Lipinski definition) is 1. The monoisotopic (exact) mass is 274 g/mol. The van der Waals surface area contributed by atoms with Crippen molar-refractivity contribution in [1.29, 1.82) is 0 Å². The van der Waals surface area contributed by atoms with E-state index in [4.69, 9.17) is 19.3 Å². The van der Waals surface area contributed by atoms with E-state index in [9.17, 15) is 0 Å². The van der Waals surface area contributed by atoms with Crippen molar-refractivity contribution in [3.8, 4) is 0 Å². The largest absolute Gasteiger partial charge is 0.394 e. The van der Waals surface area contributed by atoms with Crippen LogP contribution in [0, 0.1) is 0 Å². The summed E-state index contributed by atoms with van der Waals surface area (Å²) in [4.78, 5) is 0. The normalized spacial score (nSPS) is 23.1. The minimum atomic E-state index is -0.189. The summed E-state index contributed by atoms with van der Waals surface area (Å²) in [5, 5.41) is 8.89. The summed E-state index contributed by atoms with van der Waals surface area (Å²) in [5.74, 6) is 0. The fourth-order valence-electron chi connectivity index (χ4n) is 2.20. The fourth-order valence-corrected chi connectivity index (χ4v) is 2.20. The second-order valence-corrected chi connectivity index (χ2v) is 5.23. The molecule has 0 aromatic heterocycles. The lowest BCUT2D eigenvalue weighted by Crippen LogP contribution is -2.17. The molecular formula is C15H30O4. The molecule has 2 atom stereocenters. The Kier molecular flexibility index (Phi) is 10.4. The van der Waals surface area contributed by atoms with Crippen LogP contribution in [0.4, 0.5) is 0 Å². The molecule has 1 saturated heterocycles. The SMILES string of the molecule is CCCCCCCCCOCC[C@H]1OC[C@H](CO)O1. The Hall–Kier alpha value is -0.160. The molecule has 1 fully saturated rings. The molecule has 1 aliphatic heterocycles. The van der Waals surface area contributed by atoms with Gasteiger partial charge in [0.1, 0.15) is 6.10 Å². The first-order valence-corrected chi connectivity index (χ1v) is 7.82. The van der Waals surface area contributed by atoms with Gasteiger partial charge in [-0.15, -0.1) is 0 Å². The maximum Gasteiger partial charge on any atom is 0.160 e.